The predicted molar refractivity (Wildman–Crippen MR) is 34.0 cm³/mol. The zero-order valence-corrected chi connectivity index (χ0v) is 5.21. The highest BCUT2D eigenvalue weighted by atomic mass is 16.3. The van der Waals surface area contributed by atoms with Crippen molar-refractivity contribution >= 4 is 5.78 Å². The monoisotopic (exact) mass is 126 g/mol. The molecule has 0 saturated carbocycles. The van der Waals surface area contributed by atoms with Crippen LogP contribution in [0.2, 0.25) is 0 Å². The zero-order chi connectivity index (χ0) is 6.69. The summed E-state index contributed by atoms with van der Waals surface area (Å²) in [6.45, 7) is 0. The van der Waals surface area contributed by atoms with Crippen LogP contribution in [0.25, 0.3) is 0 Å². The van der Waals surface area contributed by atoms with Crippen molar-refractivity contribution in [2.75, 3.05) is 0 Å². The fourth-order valence-electron chi connectivity index (χ4n) is 0.883. The van der Waals surface area contributed by atoms with E-state index >= 15 is 0 Å². The molecule has 1 unspecified atom stereocenters. The molecule has 1 aliphatic rings. The third-order valence-electron chi connectivity index (χ3n) is 1.43. The first kappa shape index (κ1) is 6.49. The number of carbonyl (C=O) groups excluding carboxylic acids is 1. The van der Waals surface area contributed by atoms with Gasteiger partial charge in [0.05, 0.1) is 6.10 Å². The summed E-state index contributed by atoms with van der Waals surface area (Å²) in [5.74, 6) is 0.131. The van der Waals surface area contributed by atoms with Gasteiger partial charge in [-0.15, -0.1) is 0 Å². The van der Waals surface area contributed by atoms with Gasteiger partial charge in [-0.2, -0.15) is 0 Å². The summed E-state index contributed by atoms with van der Waals surface area (Å²) in [4.78, 5) is 10.6. The summed E-state index contributed by atoms with van der Waals surface area (Å²) in [7, 11) is 0. The lowest BCUT2D eigenvalue weighted by Crippen LogP contribution is -1.98. The van der Waals surface area contributed by atoms with Crippen LogP contribution in [0.3, 0.4) is 0 Å². The molecule has 1 aliphatic carbocycles. The molecule has 0 saturated heterocycles. The molecular weight excluding hydrogens is 116 g/mol. The first-order chi connectivity index (χ1) is 4.29. The van der Waals surface area contributed by atoms with E-state index in [-0.39, 0.29) is 5.78 Å². The largest absolute Gasteiger partial charge is 0.389 e. The minimum absolute atomic E-state index is 0.131. The van der Waals surface area contributed by atoms with Crippen LogP contribution >= 0.6 is 0 Å². The van der Waals surface area contributed by atoms with Crippen LogP contribution in [0.5, 0.6) is 0 Å². The van der Waals surface area contributed by atoms with Gasteiger partial charge in [-0.1, -0.05) is 6.08 Å². The normalized spacial score (nSPS) is 28.1. The Bertz CT molecular complexity index is 138. The number of hydrogen-bond acceptors (Lipinski definition) is 2. The summed E-state index contributed by atoms with van der Waals surface area (Å²) in [6, 6.07) is 0. The maximum absolute atomic E-state index is 10.6. The second kappa shape index (κ2) is 2.78. The van der Waals surface area contributed by atoms with Gasteiger partial charge in [-0.3, -0.25) is 4.79 Å². The topological polar surface area (TPSA) is 37.3 Å². The molecule has 0 heterocycles. The van der Waals surface area contributed by atoms with E-state index in [1.165, 1.54) is 6.08 Å². The van der Waals surface area contributed by atoms with Gasteiger partial charge in [-0.25, -0.2) is 0 Å². The minimum atomic E-state index is -0.392. The molecular formula is C7H10O2. The molecule has 2 nitrogen and oxygen atoms in total. The van der Waals surface area contributed by atoms with Crippen LogP contribution in [-0.4, -0.2) is 17.0 Å². The number of ketones is 1. The van der Waals surface area contributed by atoms with Crippen LogP contribution in [-0.2, 0) is 4.79 Å². The number of rotatable bonds is 0. The van der Waals surface area contributed by atoms with Crippen molar-refractivity contribution in [3.05, 3.63) is 12.2 Å². The van der Waals surface area contributed by atoms with Crippen LogP contribution in [0, 0.1) is 0 Å². The van der Waals surface area contributed by atoms with Gasteiger partial charge in [0.25, 0.3) is 0 Å². The second-order valence-electron chi connectivity index (χ2n) is 2.29. The molecule has 1 atom stereocenters. The third kappa shape index (κ3) is 1.98. The summed E-state index contributed by atoms with van der Waals surface area (Å²) in [5, 5.41) is 8.97. The van der Waals surface area contributed by atoms with Crippen LogP contribution in [0.1, 0.15) is 19.3 Å². The van der Waals surface area contributed by atoms with E-state index in [1.807, 2.05) is 0 Å². The highest BCUT2D eigenvalue weighted by Gasteiger charge is 2.06. The molecule has 2 heteroatoms. The first-order valence-corrected chi connectivity index (χ1v) is 3.18. The molecule has 9 heavy (non-hydrogen) atoms. The van der Waals surface area contributed by atoms with E-state index in [2.05, 4.69) is 0 Å². The van der Waals surface area contributed by atoms with E-state index in [9.17, 15) is 4.79 Å². The molecule has 1 N–H and O–H groups in total. The van der Waals surface area contributed by atoms with Gasteiger partial charge in [0.2, 0.25) is 0 Å². The predicted octanol–water partition coefficient (Wildman–Crippen LogP) is 0.656. The number of allylic oxidation sites excluding steroid dienone is 1. The summed E-state index contributed by atoms with van der Waals surface area (Å²) < 4.78 is 0. The van der Waals surface area contributed by atoms with E-state index < -0.39 is 6.10 Å². The van der Waals surface area contributed by atoms with Crippen molar-refractivity contribution in [2.24, 2.45) is 0 Å². The molecule has 0 aromatic heterocycles. The minimum Gasteiger partial charge on any atom is -0.389 e. The van der Waals surface area contributed by atoms with Gasteiger partial charge in [0.1, 0.15) is 0 Å². The fraction of sp³-hybridized carbons (Fsp3) is 0.571. The standard InChI is InChI=1S/C7H10O2/c8-6-2-1-3-7(9)5-4-6/h4-6,8H,1-3H2. The van der Waals surface area contributed by atoms with Crippen molar-refractivity contribution in [2.45, 2.75) is 25.4 Å². The lowest BCUT2D eigenvalue weighted by Gasteiger charge is -1.97. The van der Waals surface area contributed by atoms with Crippen molar-refractivity contribution in [1.29, 1.82) is 0 Å². The van der Waals surface area contributed by atoms with Gasteiger partial charge >= 0.3 is 0 Å². The molecule has 0 spiro atoms. The quantitative estimate of drug-likeness (QED) is 0.517. The SMILES string of the molecule is O=C1C=CC(O)CCC1. The average Bonchev–Trinajstić information content (AvgIpc) is 1.97. The number of aliphatic hydroxyl groups is 1. The van der Waals surface area contributed by atoms with E-state index in [4.69, 9.17) is 5.11 Å². The van der Waals surface area contributed by atoms with Gasteiger partial charge in [-0.05, 0) is 18.9 Å². The number of hydrogen-bond donors (Lipinski definition) is 1. The molecule has 0 aliphatic heterocycles. The second-order valence-corrected chi connectivity index (χ2v) is 2.29. The molecule has 0 aromatic carbocycles. The van der Waals surface area contributed by atoms with Crippen molar-refractivity contribution < 1.29 is 9.90 Å². The highest BCUT2D eigenvalue weighted by Crippen LogP contribution is 2.07. The lowest BCUT2D eigenvalue weighted by molar-refractivity contribution is -0.114. The molecule has 0 bridgehead atoms. The average molecular weight is 126 g/mol. The van der Waals surface area contributed by atoms with Crippen molar-refractivity contribution in [1.82, 2.24) is 0 Å². The summed E-state index contributed by atoms with van der Waals surface area (Å²) in [6.07, 6.45) is 4.77. The zero-order valence-electron chi connectivity index (χ0n) is 5.21. The smallest absolute Gasteiger partial charge is 0.155 e. The molecule has 0 aromatic rings. The van der Waals surface area contributed by atoms with Crippen LogP contribution < -0.4 is 0 Å². The number of aliphatic hydroxyl groups excluding tert-OH is 1. The molecule has 1 rings (SSSR count). The Morgan fingerprint density at radius 3 is 3.22 bits per heavy atom. The number of carbonyl (C=O) groups is 1. The van der Waals surface area contributed by atoms with E-state index in [0.29, 0.717) is 6.42 Å². The van der Waals surface area contributed by atoms with E-state index in [0.717, 1.165) is 12.8 Å². The van der Waals surface area contributed by atoms with Crippen LogP contribution in [0.15, 0.2) is 12.2 Å². The Kier molecular flexibility index (Phi) is 2.01. The Morgan fingerprint density at radius 2 is 2.44 bits per heavy atom. The fourth-order valence-corrected chi connectivity index (χ4v) is 0.883. The Morgan fingerprint density at radius 1 is 1.67 bits per heavy atom. The maximum atomic E-state index is 10.6. The Labute approximate surface area is 54.2 Å². The Balaban J connectivity index is 2.52. The van der Waals surface area contributed by atoms with Crippen molar-refractivity contribution in [3.63, 3.8) is 0 Å². The Hall–Kier alpha value is -0.630. The van der Waals surface area contributed by atoms with E-state index in [1.54, 1.807) is 6.08 Å². The first-order valence-electron chi connectivity index (χ1n) is 3.18. The summed E-state index contributed by atoms with van der Waals surface area (Å²) >= 11 is 0. The van der Waals surface area contributed by atoms with Crippen molar-refractivity contribution in [3.8, 4) is 0 Å². The maximum Gasteiger partial charge on any atom is 0.155 e. The molecule has 50 valence electrons. The molecule has 0 fully saturated rings. The van der Waals surface area contributed by atoms with Gasteiger partial charge < -0.3 is 5.11 Å². The van der Waals surface area contributed by atoms with Gasteiger partial charge in [0.15, 0.2) is 5.78 Å². The van der Waals surface area contributed by atoms with Crippen LogP contribution in [0.4, 0.5) is 0 Å². The molecule has 0 radical (unpaired) electrons. The molecule has 0 amide bonds. The highest BCUT2D eigenvalue weighted by molar-refractivity contribution is 5.89. The third-order valence-corrected chi connectivity index (χ3v) is 1.43. The van der Waals surface area contributed by atoms with Gasteiger partial charge in [0, 0.05) is 6.42 Å². The lowest BCUT2D eigenvalue weighted by atomic mass is 10.2. The summed E-state index contributed by atoms with van der Waals surface area (Å²) in [5.41, 5.74) is 0.